The highest BCUT2D eigenvalue weighted by atomic mass is 32.2. The molecule has 0 aliphatic carbocycles. The van der Waals surface area contributed by atoms with E-state index in [-0.39, 0.29) is 17.3 Å². The zero-order valence-electron chi connectivity index (χ0n) is 19.5. The van der Waals surface area contributed by atoms with E-state index in [0.717, 1.165) is 28.7 Å². The maximum Gasteiger partial charge on any atom is 0.245 e. The van der Waals surface area contributed by atoms with Crippen molar-refractivity contribution in [1.29, 1.82) is 0 Å². The van der Waals surface area contributed by atoms with E-state index in [4.69, 9.17) is 4.74 Å². The second kappa shape index (κ2) is 10.5. The number of carbonyl (C=O) groups excluding carboxylic acids is 1. The number of aromatic nitrogens is 1. The molecule has 0 spiro atoms. The van der Waals surface area contributed by atoms with Crippen LogP contribution in [-0.4, -0.2) is 74.9 Å². The van der Waals surface area contributed by atoms with Crippen LogP contribution < -0.4 is 10.1 Å². The summed E-state index contributed by atoms with van der Waals surface area (Å²) in [5.41, 5.74) is 2.60. The molecule has 0 saturated carbocycles. The van der Waals surface area contributed by atoms with Gasteiger partial charge in [-0.1, -0.05) is 24.3 Å². The van der Waals surface area contributed by atoms with Crippen LogP contribution >= 0.6 is 0 Å². The molecule has 180 valence electrons. The van der Waals surface area contributed by atoms with Crippen LogP contribution in [0.3, 0.4) is 0 Å². The molecule has 1 fully saturated rings. The number of carbonyl (C=O) groups is 1. The summed E-state index contributed by atoms with van der Waals surface area (Å²) in [5, 5.41) is 3.76. The van der Waals surface area contributed by atoms with Crippen molar-refractivity contribution in [2.24, 2.45) is 0 Å². The third-order valence-electron chi connectivity index (χ3n) is 6.02. The molecule has 0 unspecified atom stereocenters. The molecule has 0 atom stereocenters. The van der Waals surface area contributed by atoms with Crippen molar-refractivity contribution >= 4 is 26.8 Å². The van der Waals surface area contributed by atoms with Gasteiger partial charge in [0.2, 0.25) is 15.9 Å². The van der Waals surface area contributed by atoms with E-state index in [1.165, 1.54) is 4.31 Å². The van der Waals surface area contributed by atoms with Gasteiger partial charge in [-0.05, 0) is 48.7 Å². The van der Waals surface area contributed by atoms with Crippen molar-refractivity contribution in [2.45, 2.75) is 18.2 Å². The molecule has 4 rings (SSSR count). The molecule has 1 saturated heterocycles. The fourth-order valence-electron chi connectivity index (χ4n) is 4.12. The Balaban J connectivity index is 1.28. The van der Waals surface area contributed by atoms with Gasteiger partial charge in [-0.2, -0.15) is 4.31 Å². The lowest BCUT2D eigenvalue weighted by molar-refractivity contribution is -0.122. The highest BCUT2D eigenvalue weighted by molar-refractivity contribution is 7.89. The number of fused-ring (bicyclic) bond motifs is 1. The van der Waals surface area contributed by atoms with Crippen molar-refractivity contribution in [2.75, 3.05) is 46.4 Å². The van der Waals surface area contributed by atoms with Gasteiger partial charge in [0, 0.05) is 44.3 Å². The number of ether oxygens (including phenoxy) is 1. The minimum absolute atomic E-state index is 0.0570. The molecule has 2 aromatic carbocycles. The van der Waals surface area contributed by atoms with Crippen LogP contribution in [0, 0.1) is 6.92 Å². The first-order valence-corrected chi connectivity index (χ1v) is 12.8. The summed E-state index contributed by atoms with van der Waals surface area (Å²) >= 11 is 0. The maximum absolute atomic E-state index is 13.3. The van der Waals surface area contributed by atoms with Crippen LogP contribution in [0.5, 0.6) is 5.75 Å². The van der Waals surface area contributed by atoms with Gasteiger partial charge in [0.1, 0.15) is 10.6 Å². The van der Waals surface area contributed by atoms with Crippen LogP contribution in [0.1, 0.15) is 11.1 Å². The fourth-order valence-corrected chi connectivity index (χ4v) is 5.70. The van der Waals surface area contributed by atoms with E-state index in [1.54, 1.807) is 25.4 Å². The van der Waals surface area contributed by atoms with E-state index in [0.29, 0.717) is 38.2 Å². The summed E-state index contributed by atoms with van der Waals surface area (Å²) in [4.78, 5) is 19.0. The van der Waals surface area contributed by atoms with E-state index >= 15 is 0 Å². The molecule has 0 radical (unpaired) electrons. The maximum atomic E-state index is 13.3. The molecule has 1 aliphatic heterocycles. The second-order valence-corrected chi connectivity index (χ2v) is 10.4. The van der Waals surface area contributed by atoms with E-state index in [1.807, 2.05) is 48.2 Å². The lowest BCUT2D eigenvalue weighted by atomic mass is 10.1. The van der Waals surface area contributed by atoms with Crippen molar-refractivity contribution < 1.29 is 17.9 Å². The minimum Gasteiger partial charge on any atom is -0.497 e. The largest absolute Gasteiger partial charge is 0.497 e. The number of methoxy groups -OCH3 is 1. The topological polar surface area (TPSA) is 91.8 Å². The molecule has 9 heteroatoms. The van der Waals surface area contributed by atoms with Crippen molar-refractivity contribution in [1.82, 2.24) is 19.5 Å². The standard InChI is InChI=1S/C25H30N4O4S/c1-19-16-21-4-3-5-23(25(21)27-17-19)34(31,32)29-14-12-28(13-15-29)18-24(30)26-11-10-20-6-8-22(33-2)9-7-20/h3-9,16-17H,10-15,18H2,1-2H3,(H,26,30). The van der Waals surface area contributed by atoms with Gasteiger partial charge >= 0.3 is 0 Å². The highest BCUT2D eigenvalue weighted by Crippen LogP contribution is 2.25. The quantitative estimate of drug-likeness (QED) is 0.529. The first-order chi connectivity index (χ1) is 16.4. The van der Waals surface area contributed by atoms with E-state index in [2.05, 4.69) is 10.3 Å². The van der Waals surface area contributed by atoms with Gasteiger partial charge in [-0.15, -0.1) is 0 Å². The normalized spacial score (nSPS) is 15.4. The lowest BCUT2D eigenvalue weighted by Gasteiger charge is -2.33. The third kappa shape index (κ3) is 5.55. The molecule has 0 bridgehead atoms. The van der Waals surface area contributed by atoms with Gasteiger partial charge in [0.15, 0.2) is 0 Å². The van der Waals surface area contributed by atoms with Crippen molar-refractivity contribution in [3.63, 3.8) is 0 Å². The number of aryl methyl sites for hydroxylation is 1. The Bertz CT molecular complexity index is 1250. The van der Waals surface area contributed by atoms with Crippen LogP contribution in [0.15, 0.2) is 59.6 Å². The number of pyridine rings is 1. The Morgan fingerprint density at radius 2 is 1.82 bits per heavy atom. The molecule has 1 amide bonds. The van der Waals surface area contributed by atoms with Crippen LogP contribution in [0.25, 0.3) is 10.9 Å². The molecule has 1 N–H and O–H groups in total. The van der Waals surface area contributed by atoms with Gasteiger partial charge in [-0.25, -0.2) is 8.42 Å². The number of amides is 1. The highest BCUT2D eigenvalue weighted by Gasteiger charge is 2.30. The molecule has 1 aliphatic rings. The molecular weight excluding hydrogens is 452 g/mol. The van der Waals surface area contributed by atoms with Crippen molar-refractivity contribution in [3.05, 3.63) is 65.9 Å². The number of rotatable bonds is 8. The van der Waals surface area contributed by atoms with Crippen LogP contribution in [0.4, 0.5) is 0 Å². The second-order valence-electron chi connectivity index (χ2n) is 8.47. The van der Waals surface area contributed by atoms with Gasteiger partial charge in [0.05, 0.1) is 19.2 Å². The molecular formula is C25H30N4O4S. The number of hydrogen-bond acceptors (Lipinski definition) is 6. The number of nitrogens with zero attached hydrogens (tertiary/aromatic N) is 3. The first-order valence-electron chi connectivity index (χ1n) is 11.3. The SMILES string of the molecule is COc1ccc(CCNC(=O)CN2CCN(S(=O)(=O)c3cccc4cc(C)cnc34)CC2)cc1. The summed E-state index contributed by atoms with van der Waals surface area (Å²) in [6, 6.07) is 15.0. The van der Waals surface area contributed by atoms with Gasteiger partial charge in [0.25, 0.3) is 0 Å². The Kier molecular flexibility index (Phi) is 7.45. The summed E-state index contributed by atoms with van der Waals surface area (Å²) in [7, 11) is -2.04. The Labute approximate surface area is 200 Å². The Morgan fingerprint density at radius 3 is 2.53 bits per heavy atom. The molecule has 34 heavy (non-hydrogen) atoms. The average molecular weight is 483 g/mol. The smallest absolute Gasteiger partial charge is 0.245 e. The number of sulfonamides is 1. The number of benzene rings is 2. The molecule has 8 nitrogen and oxygen atoms in total. The Morgan fingerprint density at radius 1 is 1.09 bits per heavy atom. The summed E-state index contributed by atoms with van der Waals surface area (Å²) in [5.74, 6) is 0.749. The van der Waals surface area contributed by atoms with Crippen LogP contribution in [0.2, 0.25) is 0 Å². The number of para-hydroxylation sites is 1. The van der Waals surface area contributed by atoms with E-state index in [9.17, 15) is 13.2 Å². The monoisotopic (exact) mass is 482 g/mol. The first kappa shape index (κ1) is 24.1. The number of piperazine rings is 1. The van der Waals surface area contributed by atoms with E-state index < -0.39 is 10.0 Å². The van der Waals surface area contributed by atoms with Gasteiger partial charge < -0.3 is 10.1 Å². The molecule has 1 aromatic heterocycles. The summed E-state index contributed by atoms with van der Waals surface area (Å²) in [6.45, 7) is 4.42. The van der Waals surface area contributed by atoms with Crippen LogP contribution in [-0.2, 0) is 21.2 Å². The number of nitrogens with one attached hydrogen (secondary N) is 1. The fraction of sp³-hybridized carbons (Fsp3) is 0.360. The molecule has 2 heterocycles. The Hall–Kier alpha value is -3.01. The number of hydrogen-bond donors (Lipinski definition) is 1. The predicted molar refractivity (Wildman–Crippen MR) is 131 cm³/mol. The van der Waals surface area contributed by atoms with Crippen molar-refractivity contribution in [3.8, 4) is 5.75 Å². The van der Waals surface area contributed by atoms with Gasteiger partial charge in [-0.3, -0.25) is 14.7 Å². The third-order valence-corrected chi connectivity index (χ3v) is 7.95. The lowest BCUT2D eigenvalue weighted by Crippen LogP contribution is -2.51. The zero-order chi connectivity index (χ0) is 24.1. The predicted octanol–water partition coefficient (Wildman–Crippen LogP) is 2.22. The summed E-state index contributed by atoms with van der Waals surface area (Å²) in [6.07, 6.45) is 2.42. The average Bonchev–Trinajstić information content (AvgIpc) is 2.84. The molecule has 3 aromatic rings. The summed E-state index contributed by atoms with van der Waals surface area (Å²) < 4.78 is 33.3. The minimum atomic E-state index is -3.67. The zero-order valence-corrected chi connectivity index (χ0v) is 20.3.